The molecule has 0 radical (unpaired) electrons. The predicted molar refractivity (Wildman–Crippen MR) is 96.0 cm³/mol. The first-order chi connectivity index (χ1) is 11.3. The smallest absolute Gasteiger partial charge is 0.123 e. The van der Waals surface area contributed by atoms with Gasteiger partial charge >= 0.3 is 0 Å². The van der Waals surface area contributed by atoms with Crippen molar-refractivity contribution < 1.29 is 4.39 Å². The normalized spacial score (nSPS) is 31.7. The van der Waals surface area contributed by atoms with E-state index in [2.05, 4.69) is 12.7 Å². The lowest BCUT2D eigenvalue weighted by Crippen LogP contribution is -2.25. The third-order valence-corrected chi connectivity index (χ3v) is 6.45. The fraction of sp³-hybridized carbons (Fsp3) is 0.636. The van der Waals surface area contributed by atoms with E-state index in [-0.39, 0.29) is 5.82 Å². The number of rotatable bonds is 5. The molecule has 0 spiro atoms. The second kappa shape index (κ2) is 8.13. The van der Waals surface area contributed by atoms with Crippen molar-refractivity contribution in [1.82, 2.24) is 0 Å². The van der Waals surface area contributed by atoms with Crippen molar-refractivity contribution in [1.29, 1.82) is 0 Å². The molecule has 2 aliphatic carbocycles. The minimum Gasteiger partial charge on any atom is -0.207 e. The molecular weight excluding hydrogens is 283 g/mol. The van der Waals surface area contributed by atoms with Gasteiger partial charge in [-0.25, -0.2) is 4.39 Å². The molecule has 0 amide bonds. The molecule has 0 aliphatic heterocycles. The van der Waals surface area contributed by atoms with Crippen molar-refractivity contribution >= 4 is 0 Å². The van der Waals surface area contributed by atoms with Crippen LogP contribution in [0.5, 0.6) is 0 Å². The average molecular weight is 314 g/mol. The molecule has 0 aromatic heterocycles. The maximum absolute atomic E-state index is 13.1. The third-order valence-electron chi connectivity index (χ3n) is 6.45. The summed E-state index contributed by atoms with van der Waals surface area (Å²) in [7, 11) is 0. The first-order valence-electron chi connectivity index (χ1n) is 9.62. The molecule has 0 N–H and O–H groups in total. The zero-order valence-electron chi connectivity index (χ0n) is 14.4. The monoisotopic (exact) mass is 314 g/mol. The summed E-state index contributed by atoms with van der Waals surface area (Å²) in [6.07, 6.45) is 15.8. The van der Waals surface area contributed by atoms with Crippen LogP contribution in [0.3, 0.4) is 0 Å². The zero-order valence-corrected chi connectivity index (χ0v) is 14.4. The van der Waals surface area contributed by atoms with Gasteiger partial charge in [0.05, 0.1) is 0 Å². The molecule has 2 fully saturated rings. The molecule has 1 aromatic carbocycles. The highest BCUT2D eigenvalue weighted by Crippen LogP contribution is 2.44. The summed E-state index contributed by atoms with van der Waals surface area (Å²) in [5.41, 5.74) is 1.35. The number of halogens is 1. The molecule has 0 atom stereocenters. The highest BCUT2D eigenvalue weighted by atomic mass is 19.1. The number of hydrogen-bond donors (Lipinski definition) is 0. The van der Waals surface area contributed by atoms with E-state index in [9.17, 15) is 4.39 Å². The van der Waals surface area contributed by atoms with Crippen LogP contribution in [-0.4, -0.2) is 0 Å². The number of hydrogen-bond acceptors (Lipinski definition) is 0. The maximum atomic E-state index is 13.1. The molecule has 23 heavy (non-hydrogen) atoms. The highest BCUT2D eigenvalue weighted by molar-refractivity contribution is 5.20. The van der Waals surface area contributed by atoms with Crippen LogP contribution in [0.2, 0.25) is 0 Å². The van der Waals surface area contributed by atoms with Crippen LogP contribution in [0.25, 0.3) is 0 Å². The molecule has 0 heterocycles. The van der Waals surface area contributed by atoms with Crippen LogP contribution in [-0.2, 0) is 0 Å². The van der Waals surface area contributed by atoms with Gasteiger partial charge in [-0.2, -0.15) is 0 Å². The van der Waals surface area contributed by atoms with Gasteiger partial charge in [0, 0.05) is 0 Å². The molecule has 2 saturated carbocycles. The SMILES string of the molecule is C=CCC[C@H]1CC[C@H](C2CCC(c3ccc(F)cc3)CC2)CC1. The molecule has 0 unspecified atom stereocenters. The van der Waals surface area contributed by atoms with Crippen molar-refractivity contribution in [2.24, 2.45) is 17.8 Å². The standard InChI is InChI=1S/C22H31F/c1-2-3-4-17-5-7-18(8-6-17)19-9-11-20(12-10-19)21-13-15-22(23)16-14-21/h2,13-20H,1,3-12H2/t17-,18-,19?,20?. The summed E-state index contributed by atoms with van der Waals surface area (Å²) in [6, 6.07) is 7.22. The van der Waals surface area contributed by atoms with E-state index < -0.39 is 0 Å². The van der Waals surface area contributed by atoms with Crippen LogP contribution in [0.15, 0.2) is 36.9 Å². The van der Waals surface area contributed by atoms with Crippen LogP contribution < -0.4 is 0 Å². The molecule has 126 valence electrons. The van der Waals surface area contributed by atoms with Crippen molar-refractivity contribution in [2.45, 2.75) is 70.1 Å². The Morgan fingerprint density at radius 3 is 2.00 bits per heavy atom. The molecule has 2 aliphatic rings. The first-order valence-corrected chi connectivity index (χ1v) is 9.62. The van der Waals surface area contributed by atoms with E-state index in [0.29, 0.717) is 5.92 Å². The van der Waals surface area contributed by atoms with Gasteiger partial charge in [0.15, 0.2) is 0 Å². The molecule has 1 heteroatoms. The van der Waals surface area contributed by atoms with Crippen LogP contribution >= 0.6 is 0 Å². The van der Waals surface area contributed by atoms with Crippen molar-refractivity contribution in [2.75, 3.05) is 0 Å². The summed E-state index contributed by atoms with van der Waals surface area (Å²) in [4.78, 5) is 0. The highest BCUT2D eigenvalue weighted by Gasteiger charge is 2.31. The van der Waals surface area contributed by atoms with Crippen LogP contribution in [0.4, 0.5) is 4.39 Å². The van der Waals surface area contributed by atoms with Gasteiger partial charge < -0.3 is 0 Å². The van der Waals surface area contributed by atoms with Gasteiger partial charge in [-0.3, -0.25) is 0 Å². The lowest BCUT2D eigenvalue weighted by Gasteiger charge is -2.38. The summed E-state index contributed by atoms with van der Waals surface area (Å²) in [5, 5.41) is 0. The average Bonchev–Trinajstić information content (AvgIpc) is 2.61. The Morgan fingerprint density at radius 2 is 1.43 bits per heavy atom. The van der Waals surface area contributed by atoms with E-state index in [1.54, 1.807) is 12.1 Å². The Balaban J connectivity index is 1.44. The molecule has 3 rings (SSSR count). The Hall–Kier alpha value is -1.11. The second-order valence-electron chi connectivity index (χ2n) is 7.81. The van der Waals surface area contributed by atoms with E-state index in [0.717, 1.165) is 17.8 Å². The fourth-order valence-corrected chi connectivity index (χ4v) is 4.96. The van der Waals surface area contributed by atoms with Crippen molar-refractivity contribution in [3.63, 3.8) is 0 Å². The Labute approximate surface area is 141 Å². The Bertz CT molecular complexity index is 473. The fourth-order valence-electron chi connectivity index (χ4n) is 4.96. The summed E-state index contributed by atoms with van der Waals surface area (Å²) in [5.74, 6) is 3.43. The van der Waals surface area contributed by atoms with E-state index >= 15 is 0 Å². The lowest BCUT2D eigenvalue weighted by molar-refractivity contribution is 0.157. The van der Waals surface area contributed by atoms with Gasteiger partial charge in [-0.05, 0) is 92.7 Å². The largest absolute Gasteiger partial charge is 0.207 e. The first kappa shape index (κ1) is 16.7. The molecule has 0 nitrogen and oxygen atoms in total. The van der Waals surface area contributed by atoms with Gasteiger partial charge in [0.25, 0.3) is 0 Å². The minimum absolute atomic E-state index is 0.115. The van der Waals surface area contributed by atoms with E-state index in [1.165, 1.54) is 69.8 Å². The van der Waals surface area contributed by atoms with Gasteiger partial charge in [-0.1, -0.05) is 31.1 Å². The second-order valence-corrected chi connectivity index (χ2v) is 7.81. The summed E-state index contributed by atoms with van der Waals surface area (Å²) < 4.78 is 13.1. The lowest BCUT2D eigenvalue weighted by atomic mass is 9.68. The van der Waals surface area contributed by atoms with Crippen molar-refractivity contribution in [3.05, 3.63) is 48.3 Å². The summed E-state index contributed by atoms with van der Waals surface area (Å²) >= 11 is 0. The van der Waals surface area contributed by atoms with E-state index in [1.807, 2.05) is 12.1 Å². The predicted octanol–water partition coefficient (Wildman–Crippen LogP) is 6.87. The van der Waals surface area contributed by atoms with E-state index in [4.69, 9.17) is 0 Å². The number of allylic oxidation sites excluding steroid dienone is 1. The summed E-state index contributed by atoms with van der Waals surface area (Å²) in [6.45, 7) is 3.85. The maximum Gasteiger partial charge on any atom is 0.123 e. The topological polar surface area (TPSA) is 0 Å². The minimum atomic E-state index is -0.115. The zero-order chi connectivity index (χ0) is 16.1. The third kappa shape index (κ3) is 4.46. The molecular formula is C22H31F. The number of benzene rings is 1. The molecule has 0 saturated heterocycles. The van der Waals surface area contributed by atoms with Gasteiger partial charge in [0.2, 0.25) is 0 Å². The Kier molecular flexibility index (Phi) is 5.91. The Morgan fingerprint density at radius 1 is 0.870 bits per heavy atom. The van der Waals surface area contributed by atoms with Crippen molar-refractivity contribution in [3.8, 4) is 0 Å². The van der Waals surface area contributed by atoms with Crippen LogP contribution in [0.1, 0.15) is 75.7 Å². The van der Waals surface area contributed by atoms with Crippen LogP contribution in [0, 0.1) is 23.6 Å². The van der Waals surface area contributed by atoms with Gasteiger partial charge in [0.1, 0.15) is 5.82 Å². The van der Waals surface area contributed by atoms with Gasteiger partial charge in [-0.15, -0.1) is 6.58 Å². The molecule has 0 bridgehead atoms. The quantitative estimate of drug-likeness (QED) is 0.520. The molecule has 1 aromatic rings.